The maximum absolute atomic E-state index is 12.4. The number of ketones is 1. The monoisotopic (exact) mass is 384 g/mol. The van der Waals surface area contributed by atoms with Gasteiger partial charge in [0.1, 0.15) is 5.92 Å². The van der Waals surface area contributed by atoms with Crippen LogP contribution in [0.25, 0.3) is 0 Å². The normalized spacial score (nSPS) is 20.5. The Morgan fingerprint density at radius 2 is 1.92 bits per heavy atom. The number of benzene rings is 1. The summed E-state index contributed by atoms with van der Waals surface area (Å²) >= 11 is 11.9. The lowest BCUT2D eigenvalue weighted by molar-refractivity contribution is -0.142. The summed E-state index contributed by atoms with van der Waals surface area (Å²) < 4.78 is 0. The predicted octanol–water partition coefficient (Wildman–Crippen LogP) is 2.72. The maximum atomic E-state index is 12.4. The molecule has 1 aromatic rings. The summed E-state index contributed by atoms with van der Waals surface area (Å²) in [6, 6.07) is 5.03. The number of Topliss-reactive ketones (excluding diaryl/α,β-unsaturated/α-hetero) is 1. The van der Waals surface area contributed by atoms with Gasteiger partial charge in [-0.15, -0.1) is 0 Å². The van der Waals surface area contributed by atoms with Crippen LogP contribution in [0.5, 0.6) is 0 Å². The van der Waals surface area contributed by atoms with Crippen molar-refractivity contribution in [3.05, 3.63) is 33.8 Å². The van der Waals surface area contributed by atoms with Crippen LogP contribution in [0.2, 0.25) is 10.0 Å². The van der Waals surface area contributed by atoms with Gasteiger partial charge in [0.05, 0.1) is 16.1 Å². The highest BCUT2D eigenvalue weighted by Crippen LogP contribution is 2.27. The van der Waals surface area contributed by atoms with Crippen molar-refractivity contribution in [1.29, 1.82) is 0 Å². The number of amides is 2. The summed E-state index contributed by atoms with van der Waals surface area (Å²) in [5.74, 6) is -2.50. The number of likely N-dealkylation sites (tertiary alicyclic amines) is 1. The van der Waals surface area contributed by atoms with Crippen molar-refractivity contribution in [2.45, 2.75) is 32.7 Å². The van der Waals surface area contributed by atoms with Gasteiger partial charge < -0.3 is 10.2 Å². The van der Waals surface area contributed by atoms with Crippen LogP contribution in [-0.2, 0) is 20.8 Å². The van der Waals surface area contributed by atoms with Gasteiger partial charge >= 0.3 is 0 Å². The molecular weight excluding hydrogens is 363 g/mol. The van der Waals surface area contributed by atoms with E-state index in [0.717, 1.165) is 12.0 Å². The maximum Gasteiger partial charge on any atom is 0.290 e. The third-order valence-electron chi connectivity index (χ3n) is 4.49. The van der Waals surface area contributed by atoms with E-state index in [-0.39, 0.29) is 11.8 Å². The van der Waals surface area contributed by atoms with Crippen LogP contribution >= 0.6 is 23.2 Å². The van der Waals surface area contributed by atoms with Gasteiger partial charge in [-0.05, 0) is 36.5 Å². The Morgan fingerprint density at radius 1 is 1.24 bits per heavy atom. The minimum absolute atomic E-state index is 0.0207. The van der Waals surface area contributed by atoms with E-state index in [1.807, 2.05) is 19.9 Å². The molecule has 2 atom stereocenters. The molecule has 1 heterocycles. The molecule has 1 aliphatic heterocycles. The molecule has 0 aromatic heterocycles. The SMILES string of the molecule is CC(C)C1C(C(=O)NCCCc2ccc(Cl)c(Cl)c2)C(=O)C(=O)N1C. The smallest absolute Gasteiger partial charge is 0.290 e. The summed E-state index contributed by atoms with van der Waals surface area (Å²) in [6.07, 6.45) is 1.42. The highest BCUT2D eigenvalue weighted by Gasteiger charge is 2.50. The first-order valence-corrected chi connectivity index (χ1v) is 9.02. The Balaban J connectivity index is 1.90. The summed E-state index contributed by atoms with van der Waals surface area (Å²) in [5, 5.41) is 3.79. The molecule has 1 aliphatic rings. The fraction of sp³-hybridized carbons (Fsp3) is 0.500. The number of aryl methyl sites for hydroxylation is 1. The average Bonchev–Trinajstić information content (AvgIpc) is 2.79. The van der Waals surface area contributed by atoms with Crippen molar-refractivity contribution in [2.24, 2.45) is 11.8 Å². The molecule has 0 radical (unpaired) electrons. The Morgan fingerprint density at radius 3 is 2.52 bits per heavy atom. The topological polar surface area (TPSA) is 66.5 Å². The zero-order chi connectivity index (χ0) is 18.7. The second kappa shape index (κ2) is 8.19. The van der Waals surface area contributed by atoms with Gasteiger partial charge in [0.25, 0.3) is 5.91 Å². The van der Waals surface area contributed by atoms with E-state index in [1.54, 1.807) is 19.2 Å². The van der Waals surface area contributed by atoms with Crippen LogP contribution in [0.1, 0.15) is 25.8 Å². The first-order chi connectivity index (χ1) is 11.7. The Hall–Kier alpha value is -1.59. The number of carbonyl (C=O) groups excluding carboxylic acids is 3. The molecule has 2 rings (SSSR count). The van der Waals surface area contributed by atoms with E-state index in [0.29, 0.717) is 23.0 Å². The number of likely N-dealkylation sites (N-methyl/N-ethyl adjacent to an activating group) is 1. The summed E-state index contributed by atoms with van der Waals surface area (Å²) in [7, 11) is 1.57. The van der Waals surface area contributed by atoms with Crippen molar-refractivity contribution in [1.82, 2.24) is 10.2 Å². The number of halogens is 2. The molecular formula is C18H22Cl2N2O3. The van der Waals surface area contributed by atoms with Gasteiger partial charge in [0.15, 0.2) is 0 Å². The molecule has 1 saturated heterocycles. The quantitative estimate of drug-likeness (QED) is 0.465. The second-order valence-corrected chi connectivity index (χ2v) is 7.45. The third-order valence-corrected chi connectivity index (χ3v) is 5.23. The molecule has 1 N–H and O–H groups in total. The highest BCUT2D eigenvalue weighted by atomic mass is 35.5. The Kier molecular flexibility index (Phi) is 6.47. The Labute approximate surface area is 157 Å². The van der Waals surface area contributed by atoms with E-state index in [2.05, 4.69) is 5.32 Å². The molecule has 7 heteroatoms. The second-order valence-electron chi connectivity index (χ2n) is 6.64. The van der Waals surface area contributed by atoms with Crippen molar-refractivity contribution in [3.63, 3.8) is 0 Å². The predicted molar refractivity (Wildman–Crippen MR) is 97.7 cm³/mol. The van der Waals surface area contributed by atoms with E-state index < -0.39 is 23.7 Å². The minimum atomic E-state index is -0.928. The fourth-order valence-corrected chi connectivity index (χ4v) is 3.56. The zero-order valence-electron chi connectivity index (χ0n) is 14.5. The lowest BCUT2D eigenvalue weighted by atomic mass is 9.90. The molecule has 25 heavy (non-hydrogen) atoms. The highest BCUT2D eigenvalue weighted by molar-refractivity contribution is 6.43. The van der Waals surface area contributed by atoms with Crippen molar-refractivity contribution >= 4 is 40.8 Å². The van der Waals surface area contributed by atoms with E-state index in [4.69, 9.17) is 23.2 Å². The molecule has 1 aromatic carbocycles. The van der Waals surface area contributed by atoms with E-state index in [1.165, 1.54) is 4.90 Å². The first kappa shape index (κ1) is 19.7. The van der Waals surface area contributed by atoms with Gasteiger partial charge in [0.2, 0.25) is 11.7 Å². The lowest BCUT2D eigenvalue weighted by Gasteiger charge is -2.26. The van der Waals surface area contributed by atoms with Crippen LogP contribution in [0.3, 0.4) is 0 Å². The zero-order valence-corrected chi connectivity index (χ0v) is 16.0. The van der Waals surface area contributed by atoms with Crippen LogP contribution in [0, 0.1) is 11.8 Å². The van der Waals surface area contributed by atoms with Crippen molar-refractivity contribution in [2.75, 3.05) is 13.6 Å². The van der Waals surface area contributed by atoms with E-state index in [9.17, 15) is 14.4 Å². The van der Waals surface area contributed by atoms with Crippen molar-refractivity contribution < 1.29 is 14.4 Å². The molecule has 1 fully saturated rings. The summed E-state index contributed by atoms with van der Waals surface area (Å²) in [4.78, 5) is 37.8. The van der Waals surface area contributed by atoms with Crippen molar-refractivity contribution in [3.8, 4) is 0 Å². The average molecular weight is 385 g/mol. The van der Waals surface area contributed by atoms with Gasteiger partial charge in [-0.1, -0.05) is 43.1 Å². The van der Waals surface area contributed by atoms with Gasteiger partial charge in [0, 0.05) is 13.6 Å². The van der Waals surface area contributed by atoms with Gasteiger partial charge in [-0.3, -0.25) is 14.4 Å². The minimum Gasteiger partial charge on any atom is -0.355 e. The standard InChI is InChI=1S/C18H22Cl2N2O3/c1-10(2)15-14(16(23)18(25)22(15)3)17(24)21-8-4-5-11-6-7-12(19)13(20)9-11/h6-7,9-10,14-15H,4-5,8H2,1-3H3,(H,21,24). The molecule has 5 nitrogen and oxygen atoms in total. The molecule has 136 valence electrons. The Bertz CT molecular complexity index is 691. The summed E-state index contributed by atoms with van der Waals surface area (Å²) in [6.45, 7) is 4.22. The number of hydrogen-bond donors (Lipinski definition) is 1. The van der Waals surface area contributed by atoms with E-state index >= 15 is 0 Å². The molecule has 2 unspecified atom stereocenters. The summed E-state index contributed by atoms with van der Waals surface area (Å²) in [5.41, 5.74) is 1.02. The molecule has 0 spiro atoms. The molecule has 0 bridgehead atoms. The van der Waals surface area contributed by atoms with Gasteiger partial charge in [-0.2, -0.15) is 0 Å². The fourth-order valence-electron chi connectivity index (χ4n) is 3.24. The number of rotatable bonds is 6. The van der Waals surface area contributed by atoms with Crippen LogP contribution in [0.4, 0.5) is 0 Å². The first-order valence-electron chi connectivity index (χ1n) is 8.26. The van der Waals surface area contributed by atoms with Crippen LogP contribution < -0.4 is 5.32 Å². The third kappa shape index (κ3) is 4.33. The number of carbonyl (C=O) groups is 3. The number of nitrogens with zero attached hydrogens (tertiary/aromatic N) is 1. The molecule has 0 aliphatic carbocycles. The van der Waals surface area contributed by atoms with Crippen LogP contribution in [-0.4, -0.2) is 42.1 Å². The number of hydrogen-bond acceptors (Lipinski definition) is 3. The largest absolute Gasteiger partial charge is 0.355 e. The lowest BCUT2D eigenvalue weighted by Crippen LogP contribution is -2.43. The van der Waals surface area contributed by atoms with Crippen LogP contribution in [0.15, 0.2) is 18.2 Å². The number of nitrogens with one attached hydrogen (secondary N) is 1. The molecule has 2 amide bonds. The van der Waals surface area contributed by atoms with Gasteiger partial charge in [-0.25, -0.2) is 0 Å². The molecule has 0 saturated carbocycles.